The number of aromatic hydroxyl groups is 1. The van der Waals surface area contributed by atoms with Crippen LogP contribution in [-0.4, -0.2) is 15.1 Å². The summed E-state index contributed by atoms with van der Waals surface area (Å²) in [5, 5.41) is 10.7. The summed E-state index contributed by atoms with van der Waals surface area (Å²) < 4.78 is 0. The average molecular weight is 570 g/mol. The number of pyridine rings is 2. The molecule has 206 valence electrons. The van der Waals surface area contributed by atoms with E-state index in [0.29, 0.717) is 5.56 Å². The molecule has 0 saturated heterocycles. The van der Waals surface area contributed by atoms with Crippen molar-refractivity contribution in [2.24, 2.45) is 0 Å². The van der Waals surface area contributed by atoms with Gasteiger partial charge in [0.15, 0.2) is 0 Å². The molecule has 0 radical (unpaired) electrons. The number of rotatable bonds is 4. The second kappa shape index (κ2) is 11.4. The van der Waals surface area contributed by atoms with Crippen molar-refractivity contribution in [3.05, 3.63) is 114 Å². The number of para-hydroxylation sites is 1. The Balaban J connectivity index is 0.00000370. The molecular formula is C36H35N2NiO-. The predicted octanol–water partition coefficient (Wildman–Crippen LogP) is 9.24. The Bertz CT molecular complexity index is 1600. The molecule has 3 nitrogen and oxygen atoms in total. The summed E-state index contributed by atoms with van der Waals surface area (Å²) in [5.41, 5.74) is 9.61. The fraction of sp³-hybridized carbons (Fsp3) is 0.222. The van der Waals surface area contributed by atoms with Crippen LogP contribution >= 0.6 is 0 Å². The second-order valence-corrected chi connectivity index (χ2v) is 12.1. The number of nitrogens with zero attached hydrogens (tertiary/aromatic N) is 2. The normalized spacial score (nSPS) is 11.7. The third-order valence-electron chi connectivity index (χ3n) is 7.02. The molecule has 0 fully saturated rings. The van der Waals surface area contributed by atoms with E-state index in [1.54, 1.807) is 12.3 Å². The van der Waals surface area contributed by atoms with E-state index >= 15 is 0 Å². The standard InChI is InChI=1S/C36H35N2O.Ni/c1-35(2,3)28-19-26(20-29(23-28)36(4,5)6)27-21-32(38-33(22-27)30-14-7-8-16-34(30)39)25-13-11-12-24(18-25)31-15-9-10-17-37-31;/h7-17,19-23,39H,1-6H3;/q-1;. The zero-order valence-electron chi connectivity index (χ0n) is 23.9. The Hall–Kier alpha value is -3.75. The van der Waals surface area contributed by atoms with E-state index in [0.717, 1.165) is 39.3 Å². The molecular weight excluding hydrogens is 535 g/mol. The first kappa shape index (κ1) is 29.2. The quantitative estimate of drug-likeness (QED) is 0.173. The molecule has 0 aliphatic carbocycles. The van der Waals surface area contributed by atoms with Crippen LogP contribution in [-0.2, 0) is 27.3 Å². The largest absolute Gasteiger partial charge is 0.507 e. The molecule has 4 heteroatoms. The van der Waals surface area contributed by atoms with Crippen LogP contribution in [0.3, 0.4) is 0 Å². The number of hydrogen-bond acceptors (Lipinski definition) is 3. The number of hydrogen-bond donors (Lipinski definition) is 1. The van der Waals surface area contributed by atoms with Gasteiger partial charge in [-0.05, 0) is 57.3 Å². The third-order valence-corrected chi connectivity index (χ3v) is 7.02. The summed E-state index contributed by atoms with van der Waals surface area (Å²) in [4.78, 5) is 9.53. The molecule has 2 heterocycles. The van der Waals surface area contributed by atoms with E-state index in [9.17, 15) is 5.11 Å². The number of phenolic OH excluding ortho intramolecular Hbond substituents is 1. The maximum atomic E-state index is 10.7. The van der Waals surface area contributed by atoms with Crippen molar-refractivity contribution in [2.45, 2.75) is 52.4 Å². The minimum Gasteiger partial charge on any atom is -0.507 e. The molecule has 0 unspecified atom stereocenters. The summed E-state index contributed by atoms with van der Waals surface area (Å²) in [5.74, 6) is 0.207. The van der Waals surface area contributed by atoms with Gasteiger partial charge in [0.25, 0.3) is 0 Å². The molecule has 5 aromatic rings. The summed E-state index contributed by atoms with van der Waals surface area (Å²) in [6.07, 6.45) is 1.79. The minimum atomic E-state index is -0.00279. The van der Waals surface area contributed by atoms with Gasteiger partial charge in [0.1, 0.15) is 5.75 Å². The van der Waals surface area contributed by atoms with E-state index in [2.05, 4.69) is 82.9 Å². The summed E-state index contributed by atoms with van der Waals surface area (Å²) in [7, 11) is 0. The molecule has 1 N–H and O–H groups in total. The van der Waals surface area contributed by atoms with Gasteiger partial charge < -0.3 is 5.11 Å². The Morgan fingerprint density at radius 3 is 1.77 bits per heavy atom. The first-order valence-electron chi connectivity index (χ1n) is 13.4. The molecule has 3 aromatic carbocycles. The number of aromatic nitrogens is 2. The summed E-state index contributed by atoms with van der Waals surface area (Å²) in [6.45, 7) is 13.5. The van der Waals surface area contributed by atoms with Gasteiger partial charge in [0.2, 0.25) is 0 Å². The molecule has 40 heavy (non-hydrogen) atoms. The molecule has 0 spiro atoms. The van der Waals surface area contributed by atoms with E-state index < -0.39 is 0 Å². The maximum Gasteiger partial charge on any atom is 0.124 e. The van der Waals surface area contributed by atoms with Crippen LogP contribution in [0.25, 0.3) is 44.9 Å². The predicted molar refractivity (Wildman–Crippen MR) is 162 cm³/mol. The van der Waals surface area contributed by atoms with Gasteiger partial charge in [-0.2, -0.15) is 0 Å². The van der Waals surface area contributed by atoms with Crippen LogP contribution in [0, 0.1) is 6.07 Å². The molecule has 0 aliphatic rings. The molecule has 0 bridgehead atoms. The Morgan fingerprint density at radius 2 is 1.18 bits per heavy atom. The first-order valence-corrected chi connectivity index (χ1v) is 13.4. The van der Waals surface area contributed by atoms with E-state index in [-0.39, 0.29) is 33.1 Å². The van der Waals surface area contributed by atoms with Crippen molar-refractivity contribution in [3.8, 4) is 50.6 Å². The van der Waals surface area contributed by atoms with Gasteiger partial charge in [-0.25, -0.2) is 0 Å². The molecule has 2 aromatic heterocycles. The average Bonchev–Trinajstić information content (AvgIpc) is 2.92. The smallest absolute Gasteiger partial charge is 0.124 e. The Kier molecular flexibility index (Phi) is 8.33. The molecule has 0 saturated carbocycles. The van der Waals surface area contributed by atoms with Crippen molar-refractivity contribution in [3.63, 3.8) is 0 Å². The van der Waals surface area contributed by atoms with Crippen molar-refractivity contribution >= 4 is 0 Å². The SMILES string of the molecule is CC(C)(C)c1cc(-c2cc(-c3[c-]c(-c4ccccn4)ccc3)nc(-c3ccccc3O)c2)cc(C(C)(C)C)c1.[Ni]. The third kappa shape index (κ3) is 6.35. The van der Waals surface area contributed by atoms with Gasteiger partial charge >= 0.3 is 0 Å². The number of benzene rings is 3. The van der Waals surface area contributed by atoms with E-state index in [1.807, 2.05) is 54.6 Å². The van der Waals surface area contributed by atoms with Crippen LogP contribution in [0.5, 0.6) is 5.75 Å². The van der Waals surface area contributed by atoms with Crippen molar-refractivity contribution in [1.29, 1.82) is 0 Å². The van der Waals surface area contributed by atoms with Crippen molar-refractivity contribution in [1.82, 2.24) is 9.97 Å². The van der Waals surface area contributed by atoms with Gasteiger partial charge in [-0.1, -0.05) is 101 Å². The second-order valence-electron chi connectivity index (χ2n) is 12.1. The van der Waals surface area contributed by atoms with Crippen molar-refractivity contribution < 1.29 is 21.6 Å². The van der Waals surface area contributed by atoms with E-state index in [1.165, 1.54) is 11.1 Å². The van der Waals surface area contributed by atoms with Crippen LogP contribution in [0.2, 0.25) is 0 Å². The first-order chi connectivity index (χ1) is 18.5. The summed E-state index contributed by atoms with van der Waals surface area (Å²) in [6, 6.07) is 34.0. The van der Waals surface area contributed by atoms with Crippen LogP contribution in [0.4, 0.5) is 0 Å². The molecule has 0 aliphatic heterocycles. The fourth-order valence-electron chi connectivity index (χ4n) is 4.61. The van der Waals surface area contributed by atoms with Crippen LogP contribution in [0.1, 0.15) is 52.7 Å². The zero-order chi connectivity index (χ0) is 27.8. The molecule has 0 atom stereocenters. The Morgan fingerprint density at radius 1 is 0.600 bits per heavy atom. The van der Waals surface area contributed by atoms with Crippen LogP contribution in [0.15, 0.2) is 97.2 Å². The van der Waals surface area contributed by atoms with Crippen LogP contribution < -0.4 is 0 Å². The van der Waals surface area contributed by atoms with Gasteiger partial charge in [0, 0.05) is 39.6 Å². The summed E-state index contributed by atoms with van der Waals surface area (Å²) >= 11 is 0. The Labute approximate surface area is 248 Å². The van der Waals surface area contributed by atoms with Gasteiger partial charge in [-0.3, -0.25) is 9.97 Å². The van der Waals surface area contributed by atoms with Gasteiger partial charge in [0.05, 0.1) is 5.69 Å². The fourth-order valence-corrected chi connectivity index (χ4v) is 4.61. The monoisotopic (exact) mass is 569 g/mol. The number of phenols is 1. The van der Waals surface area contributed by atoms with Gasteiger partial charge in [-0.15, -0.1) is 24.3 Å². The topological polar surface area (TPSA) is 46.0 Å². The van der Waals surface area contributed by atoms with Crippen molar-refractivity contribution in [2.75, 3.05) is 0 Å². The molecule has 0 amide bonds. The minimum absolute atomic E-state index is 0. The molecule has 5 rings (SSSR count). The zero-order valence-corrected chi connectivity index (χ0v) is 24.9. The van der Waals surface area contributed by atoms with E-state index in [4.69, 9.17) is 4.98 Å². The maximum absolute atomic E-state index is 10.7.